The Morgan fingerprint density at radius 1 is 0.766 bits per heavy atom. The van der Waals surface area contributed by atoms with Crippen molar-refractivity contribution in [3.63, 3.8) is 0 Å². The van der Waals surface area contributed by atoms with Crippen molar-refractivity contribution >= 4 is 58.5 Å². The van der Waals surface area contributed by atoms with Crippen LogP contribution in [0.4, 0.5) is 17.1 Å². The summed E-state index contributed by atoms with van der Waals surface area (Å²) in [5.41, 5.74) is 2.61. The lowest BCUT2D eigenvalue weighted by Crippen LogP contribution is -2.30. The number of benzene rings is 4. The van der Waals surface area contributed by atoms with Gasteiger partial charge in [-0.05, 0) is 73.2 Å². The first-order valence-electron chi connectivity index (χ1n) is 14.8. The summed E-state index contributed by atoms with van der Waals surface area (Å²) in [6.07, 6.45) is 2.08. The van der Waals surface area contributed by atoms with E-state index in [1.807, 2.05) is 13.0 Å². The van der Waals surface area contributed by atoms with E-state index in [2.05, 4.69) is 21.3 Å². The SMILES string of the molecule is CCC(Sc1cccc(NC(=O)/C(=C\c2cccc(OC)c2OC)NC(=O)c2ccccc2)c1)C(=O)Nc1ccc(NC(C)=O)cc1. The molecule has 0 saturated carbocycles. The van der Waals surface area contributed by atoms with E-state index in [-0.39, 0.29) is 17.5 Å². The largest absolute Gasteiger partial charge is 0.493 e. The van der Waals surface area contributed by atoms with E-state index in [4.69, 9.17) is 9.47 Å². The van der Waals surface area contributed by atoms with Gasteiger partial charge in [0.05, 0.1) is 19.5 Å². The van der Waals surface area contributed by atoms with Gasteiger partial charge in [0.1, 0.15) is 5.70 Å². The van der Waals surface area contributed by atoms with Gasteiger partial charge in [-0.2, -0.15) is 0 Å². The van der Waals surface area contributed by atoms with Gasteiger partial charge in [0.15, 0.2) is 11.5 Å². The summed E-state index contributed by atoms with van der Waals surface area (Å²) >= 11 is 1.36. The molecule has 0 aromatic heterocycles. The first-order valence-corrected chi connectivity index (χ1v) is 15.6. The van der Waals surface area contributed by atoms with Crippen molar-refractivity contribution < 1.29 is 28.7 Å². The van der Waals surface area contributed by atoms with Crippen LogP contribution in [-0.4, -0.2) is 43.1 Å². The van der Waals surface area contributed by atoms with Crippen molar-refractivity contribution in [2.45, 2.75) is 30.4 Å². The fourth-order valence-electron chi connectivity index (χ4n) is 4.52. The Kier molecular flexibility index (Phi) is 12.2. The smallest absolute Gasteiger partial charge is 0.272 e. The fraction of sp³-hybridized carbons (Fsp3) is 0.167. The highest BCUT2D eigenvalue weighted by Crippen LogP contribution is 2.33. The Balaban J connectivity index is 1.52. The molecule has 242 valence electrons. The second-order valence-electron chi connectivity index (χ2n) is 10.2. The van der Waals surface area contributed by atoms with Crippen LogP contribution in [0.1, 0.15) is 36.2 Å². The molecule has 4 amide bonds. The summed E-state index contributed by atoms with van der Waals surface area (Å²) in [4.78, 5) is 51.9. The second-order valence-corrected chi connectivity index (χ2v) is 11.5. The molecule has 4 rings (SSSR count). The van der Waals surface area contributed by atoms with E-state index in [1.54, 1.807) is 91.0 Å². The maximum absolute atomic E-state index is 13.7. The van der Waals surface area contributed by atoms with Gasteiger partial charge < -0.3 is 30.7 Å². The highest BCUT2D eigenvalue weighted by Gasteiger charge is 2.20. The average Bonchev–Trinajstić information content (AvgIpc) is 3.07. The van der Waals surface area contributed by atoms with E-state index in [0.29, 0.717) is 46.1 Å². The minimum atomic E-state index is -0.561. The summed E-state index contributed by atoms with van der Waals surface area (Å²) in [7, 11) is 3.01. The Hall–Kier alpha value is -5.55. The number of amides is 4. The molecule has 0 aliphatic rings. The first kappa shape index (κ1) is 34.3. The zero-order valence-corrected chi connectivity index (χ0v) is 27.3. The van der Waals surface area contributed by atoms with E-state index in [9.17, 15) is 19.2 Å². The number of nitrogens with one attached hydrogen (secondary N) is 4. The van der Waals surface area contributed by atoms with Crippen LogP contribution in [0.5, 0.6) is 11.5 Å². The van der Waals surface area contributed by atoms with Crippen LogP contribution in [0.15, 0.2) is 108 Å². The van der Waals surface area contributed by atoms with Crippen molar-refractivity contribution in [3.8, 4) is 11.5 Å². The maximum Gasteiger partial charge on any atom is 0.272 e. The lowest BCUT2D eigenvalue weighted by molar-refractivity contribution is -0.116. The van der Waals surface area contributed by atoms with Crippen LogP contribution in [0.25, 0.3) is 6.08 Å². The molecule has 4 aromatic rings. The lowest BCUT2D eigenvalue weighted by atomic mass is 10.1. The van der Waals surface area contributed by atoms with Crippen molar-refractivity contribution in [3.05, 3.63) is 114 Å². The Morgan fingerprint density at radius 3 is 2.09 bits per heavy atom. The average molecular weight is 653 g/mol. The summed E-state index contributed by atoms with van der Waals surface area (Å²) in [5.74, 6) is -0.505. The molecule has 11 heteroatoms. The van der Waals surface area contributed by atoms with Crippen molar-refractivity contribution in [1.82, 2.24) is 5.32 Å². The third-order valence-electron chi connectivity index (χ3n) is 6.77. The molecule has 0 radical (unpaired) electrons. The van der Waals surface area contributed by atoms with E-state index in [1.165, 1.54) is 39.0 Å². The van der Waals surface area contributed by atoms with Gasteiger partial charge in [0.2, 0.25) is 11.8 Å². The third kappa shape index (κ3) is 9.72. The molecular formula is C36H36N4O6S. The van der Waals surface area contributed by atoms with E-state index < -0.39 is 17.1 Å². The first-order chi connectivity index (χ1) is 22.7. The molecule has 0 saturated heterocycles. The van der Waals surface area contributed by atoms with E-state index >= 15 is 0 Å². The number of rotatable bonds is 13. The Bertz CT molecular complexity index is 1760. The fourth-order valence-corrected chi connectivity index (χ4v) is 5.53. The van der Waals surface area contributed by atoms with Gasteiger partial charge in [0, 0.05) is 40.0 Å². The highest BCUT2D eigenvalue weighted by molar-refractivity contribution is 8.00. The molecule has 4 N–H and O–H groups in total. The van der Waals surface area contributed by atoms with Gasteiger partial charge in [-0.3, -0.25) is 19.2 Å². The standard InChI is InChI=1S/C36H36N4O6S/c1-5-32(36(44)38-27-19-17-26(18-20-27)37-23(2)41)47-29-15-10-14-28(22-29)39-35(43)30(40-34(42)24-11-7-6-8-12-24)21-25-13-9-16-31(45-3)33(25)46-4/h6-22,32H,5H2,1-4H3,(H,37,41)(H,38,44)(H,39,43)(H,40,42)/b30-21+. The molecule has 47 heavy (non-hydrogen) atoms. The number of carbonyl (C=O) groups excluding carboxylic acids is 4. The van der Waals surface area contributed by atoms with Crippen LogP contribution in [0.2, 0.25) is 0 Å². The topological polar surface area (TPSA) is 135 Å². The van der Waals surface area contributed by atoms with Crippen LogP contribution in [0.3, 0.4) is 0 Å². The minimum absolute atomic E-state index is 0.0150. The van der Waals surface area contributed by atoms with Gasteiger partial charge in [-0.15, -0.1) is 11.8 Å². The van der Waals surface area contributed by atoms with Crippen molar-refractivity contribution in [2.24, 2.45) is 0 Å². The van der Waals surface area contributed by atoms with Crippen LogP contribution < -0.4 is 30.7 Å². The number of anilines is 3. The summed E-state index contributed by atoms with van der Waals surface area (Å²) in [5, 5.41) is 10.8. The molecular weight excluding hydrogens is 616 g/mol. The molecule has 0 aliphatic heterocycles. The molecule has 0 fully saturated rings. The number of thioether (sulfide) groups is 1. The zero-order chi connectivity index (χ0) is 33.8. The molecule has 1 atom stereocenters. The van der Waals surface area contributed by atoms with Crippen LogP contribution in [0, 0.1) is 0 Å². The minimum Gasteiger partial charge on any atom is -0.493 e. The Labute approximate surface area is 277 Å². The van der Waals surface area contributed by atoms with Crippen molar-refractivity contribution in [1.29, 1.82) is 0 Å². The number of carbonyl (C=O) groups is 4. The van der Waals surface area contributed by atoms with Gasteiger partial charge in [-0.1, -0.05) is 43.3 Å². The lowest BCUT2D eigenvalue weighted by Gasteiger charge is -2.16. The normalized spacial score (nSPS) is 11.5. The molecule has 10 nitrogen and oxygen atoms in total. The van der Waals surface area contributed by atoms with Gasteiger partial charge in [-0.25, -0.2) is 0 Å². The third-order valence-corrected chi connectivity index (χ3v) is 8.13. The molecule has 4 aromatic carbocycles. The van der Waals surface area contributed by atoms with E-state index in [0.717, 1.165) is 4.90 Å². The second kappa shape index (κ2) is 16.7. The van der Waals surface area contributed by atoms with Gasteiger partial charge in [0.25, 0.3) is 11.8 Å². The Morgan fingerprint density at radius 2 is 1.45 bits per heavy atom. The molecule has 0 heterocycles. The monoisotopic (exact) mass is 652 g/mol. The number of hydrogen-bond acceptors (Lipinski definition) is 7. The van der Waals surface area contributed by atoms with Crippen LogP contribution >= 0.6 is 11.8 Å². The predicted octanol–water partition coefficient (Wildman–Crippen LogP) is 6.58. The molecule has 0 spiro atoms. The quantitative estimate of drug-likeness (QED) is 0.0947. The molecule has 1 unspecified atom stereocenters. The number of hydrogen-bond donors (Lipinski definition) is 4. The van der Waals surface area contributed by atoms with Crippen LogP contribution in [-0.2, 0) is 14.4 Å². The number of ether oxygens (including phenoxy) is 2. The summed E-state index contributed by atoms with van der Waals surface area (Å²) in [6.45, 7) is 3.35. The summed E-state index contributed by atoms with van der Waals surface area (Å²) in [6, 6.07) is 27.8. The molecule has 0 aliphatic carbocycles. The highest BCUT2D eigenvalue weighted by atomic mass is 32.2. The van der Waals surface area contributed by atoms with Crippen molar-refractivity contribution in [2.75, 3.05) is 30.2 Å². The zero-order valence-electron chi connectivity index (χ0n) is 26.5. The number of methoxy groups -OCH3 is 2. The van der Waals surface area contributed by atoms with Gasteiger partial charge >= 0.3 is 0 Å². The maximum atomic E-state index is 13.7. The number of para-hydroxylation sites is 1. The molecule has 0 bridgehead atoms. The summed E-state index contributed by atoms with van der Waals surface area (Å²) < 4.78 is 10.9. The predicted molar refractivity (Wildman–Crippen MR) is 186 cm³/mol.